The van der Waals surface area contributed by atoms with Gasteiger partial charge in [-0.15, -0.1) is 0 Å². The van der Waals surface area contributed by atoms with Crippen molar-refractivity contribution in [1.82, 2.24) is 5.32 Å². The van der Waals surface area contributed by atoms with Gasteiger partial charge in [0, 0.05) is 12.8 Å². The third-order valence-electron chi connectivity index (χ3n) is 15.0. The zero-order valence-electron chi connectivity index (χ0n) is 54.9. The van der Waals surface area contributed by atoms with Crippen LogP contribution in [0.2, 0.25) is 0 Å². The number of esters is 1. The van der Waals surface area contributed by atoms with Crippen LogP contribution < -0.4 is 5.32 Å². The standard InChI is InChI=1S/C73H131N2O7P/c1-7-10-13-16-19-22-25-28-30-32-34-35-36-37-38-39-41-42-44-47-50-53-56-59-62-65-72(76)74-70(69-81-83(78,79)80-68-67-75(4,5)6)71(64-61-58-55-52-49-46-27-24-21-18-15-12-9-3)82-73(77)66-63-60-57-54-51-48-45-43-40-33-31-29-26-23-20-17-14-11-8-2/h19-20,22-23,28-31,34-35,37-38,40,43,61,64,70-71H,7-18,21,24-27,32-33,36,39,41-42,44-60,62-63,65-69H2,1-6H3,(H-,74,76,78,79)/p+1/b22-19-,23-20-,30-28-,31-29-,35-34-,38-37-,43-40-,64-61-. The third-order valence-corrected chi connectivity index (χ3v) is 16.0. The van der Waals surface area contributed by atoms with Crippen LogP contribution in [-0.4, -0.2) is 74.3 Å². The van der Waals surface area contributed by atoms with E-state index in [1.807, 2.05) is 33.3 Å². The number of allylic oxidation sites excluding steroid dienone is 15. The molecule has 9 nitrogen and oxygen atoms in total. The highest BCUT2D eigenvalue weighted by Gasteiger charge is 2.30. The van der Waals surface area contributed by atoms with Crippen LogP contribution >= 0.6 is 7.82 Å². The normalized spacial score (nSPS) is 14.2. The van der Waals surface area contributed by atoms with Gasteiger partial charge < -0.3 is 19.4 Å². The van der Waals surface area contributed by atoms with Crippen molar-refractivity contribution >= 4 is 19.7 Å². The molecule has 3 atom stereocenters. The van der Waals surface area contributed by atoms with E-state index < -0.39 is 20.0 Å². The molecule has 0 saturated heterocycles. The van der Waals surface area contributed by atoms with Crippen molar-refractivity contribution in [2.45, 2.75) is 315 Å². The van der Waals surface area contributed by atoms with E-state index >= 15 is 0 Å². The van der Waals surface area contributed by atoms with Gasteiger partial charge >= 0.3 is 13.8 Å². The fourth-order valence-electron chi connectivity index (χ4n) is 9.64. The van der Waals surface area contributed by atoms with E-state index in [4.69, 9.17) is 13.8 Å². The topological polar surface area (TPSA) is 111 Å². The van der Waals surface area contributed by atoms with Crippen molar-refractivity contribution in [3.05, 3.63) is 97.2 Å². The molecule has 0 aromatic carbocycles. The van der Waals surface area contributed by atoms with Gasteiger partial charge in [-0.3, -0.25) is 18.6 Å². The average molecular weight is 1180 g/mol. The maximum atomic E-state index is 13.6. The first-order valence-corrected chi connectivity index (χ1v) is 36.1. The summed E-state index contributed by atoms with van der Waals surface area (Å²) in [6, 6.07) is -0.864. The van der Waals surface area contributed by atoms with Crippen molar-refractivity contribution in [2.24, 2.45) is 0 Å². The van der Waals surface area contributed by atoms with E-state index in [-0.39, 0.29) is 31.5 Å². The van der Waals surface area contributed by atoms with Crippen LogP contribution in [-0.2, 0) is 27.9 Å². The first-order chi connectivity index (χ1) is 40.4. The van der Waals surface area contributed by atoms with E-state index in [2.05, 4.69) is 111 Å². The second kappa shape index (κ2) is 62.0. The second-order valence-corrected chi connectivity index (χ2v) is 25.8. The first kappa shape index (κ1) is 79.9. The van der Waals surface area contributed by atoms with Gasteiger partial charge in [-0.2, -0.15) is 0 Å². The van der Waals surface area contributed by atoms with E-state index in [1.54, 1.807) is 0 Å². The van der Waals surface area contributed by atoms with Crippen LogP contribution in [0.25, 0.3) is 0 Å². The molecule has 0 saturated carbocycles. The fourth-order valence-corrected chi connectivity index (χ4v) is 10.4. The summed E-state index contributed by atoms with van der Waals surface area (Å²) in [6.45, 7) is 6.96. The number of quaternary nitrogens is 1. The van der Waals surface area contributed by atoms with Gasteiger partial charge in [0.05, 0.1) is 33.8 Å². The molecule has 3 unspecified atom stereocenters. The Balaban J connectivity index is 5.19. The number of likely N-dealkylation sites (N-methyl/N-ethyl adjacent to an activating group) is 1. The van der Waals surface area contributed by atoms with Crippen LogP contribution in [0.1, 0.15) is 303 Å². The predicted molar refractivity (Wildman–Crippen MR) is 360 cm³/mol. The number of carbonyl (C=O) groups excluding carboxylic acids is 2. The minimum Gasteiger partial charge on any atom is -0.456 e. The molecule has 0 aliphatic carbocycles. The number of amides is 1. The monoisotopic (exact) mass is 1180 g/mol. The highest BCUT2D eigenvalue weighted by atomic mass is 31.2. The van der Waals surface area contributed by atoms with E-state index in [0.717, 1.165) is 116 Å². The van der Waals surface area contributed by atoms with Gasteiger partial charge in [0.1, 0.15) is 19.3 Å². The van der Waals surface area contributed by atoms with Crippen LogP contribution in [0.3, 0.4) is 0 Å². The van der Waals surface area contributed by atoms with E-state index in [9.17, 15) is 19.0 Å². The number of hydrogen-bond acceptors (Lipinski definition) is 6. The van der Waals surface area contributed by atoms with Crippen molar-refractivity contribution in [3.8, 4) is 0 Å². The molecule has 0 aromatic rings. The van der Waals surface area contributed by atoms with Gasteiger partial charge in [-0.1, -0.05) is 272 Å². The summed E-state index contributed by atoms with van der Waals surface area (Å²) in [5, 5.41) is 3.06. The number of rotatable bonds is 62. The molecule has 1 amide bonds. The van der Waals surface area contributed by atoms with E-state index in [0.29, 0.717) is 17.4 Å². The molecular formula is C73H132N2O7P+. The zero-order chi connectivity index (χ0) is 60.7. The number of hydrogen-bond donors (Lipinski definition) is 2. The van der Waals surface area contributed by atoms with Gasteiger partial charge in [-0.25, -0.2) is 4.57 Å². The minimum absolute atomic E-state index is 0.0327. The Kier molecular flexibility index (Phi) is 59.7. The number of phosphoric acid groups is 1. The Bertz CT molecular complexity index is 1740. The lowest BCUT2D eigenvalue weighted by Crippen LogP contribution is -2.47. The highest BCUT2D eigenvalue weighted by Crippen LogP contribution is 2.43. The quantitative estimate of drug-likeness (QED) is 0.0205. The molecule has 0 aliphatic heterocycles. The second-order valence-electron chi connectivity index (χ2n) is 24.3. The molecule has 2 N–H and O–H groups in total. The molecule has 0 aromatic heterocycles. The fraction of sp³-hybridized carbons (Fsp3) is 0.753. The van der Waals surface area contributed by atoms with Gasteiger partial charge in [0.2, 0.25) is 5.91 Å². The molecular weight excluding hydrogens is 1050 g/mol. The molecule has 83 heavy (non-hydrogen) atoms. The Morgan fingerprint density at radius 2 is 0.735 bits per heavy atom. The summed E-state index contributed by atoms with van der Waals surface area (Å²) < 4.78 is 30.8. The predicted octanol–water partition coefficient (Wildman–Crippen LogP) is 21.9. The number of nitrogens with zero attached hydrogens (tertiary/aromatic N) is 1. The van der Waals surface area contributed by atoms with Gasteiger partial charge in [-0.05, 0) is 115 Å². The number of ether oxygens (including phenoxy) is 1. The van der Waals surface area contributed by atoms with Crippen molar-refractivity contribution in [2.75, 3.05) is 40.9 Å². The van der Waals surface area contributed by atoms with E-state index in [1.165, 1.54) is 154 Å². The average Bonchev–Trinajstić information content (AvgIpc) is 3.46. The van der Waals surface area contributed by atoms with Gasteiger partial charge in [0.15, 0.2) is 0 Å². The summed E-state index contributed by atoms with van der Waals surface area (Å²) in [7, 11) is 1.48. The Morgan fingerprint density at radius 3 is 1.12 bits per heavy atom. The summed E-state index contributed by atoms with van der Waals surface area (Å²) in [5.74, 6) is -0.524. The third kappa shape index (κ3) is 63.3. The minimum atomic E-state index is -4.46. The number of carbonyl (C=O) groups is 2. The molecule has 0 aliphatic rings. The number of phosphoric ester groups is 1. The number of nitrogens with one attached hydrogen (secondary N) is 1. The molecule has 0 spiro atoms. The first-order valence-electron chi connectivity index (χ1n) is 34.6. The molecule has 480 valence electrons. The van der Waals surface area contributed by atoms with Gasteiger partial charge in [0.25, 0.3) is 0 Å². The molecule has 0 fully saturated rings. The molecule has 0 heterocycles. The molecule has 0 bridgehead atoms. The maximum Gasteiger partial charge on any atom is 0.472 e. The summed E-state index contributed by atoms with van der Waals surface area (Å²) in [6.07, 6.45) is 84.0. The SMILES string of the molecule is CCCCC/C=C\C/C=C\C/C=C\C/C=C\CCCCCCCCCCCC(=O)NC(COP(=O)(O)OCC[N+](C)(C)C)C(/C=C\CCCCCCCCCCCCC)OC(=O)CCCCCCCC/C=C\C/C=C\C/C=C\CCCCC. The lowest BCUT2D eigenvalue weighted by atomic mass is 10.0. The van der Waals surface area contributed by atoms with Crippen LogP contribution in [0.5, 0.6) is 0 Å². The molecule has 0 rings (SSSR count). The maximum absolute atomic E-state index is 13.6. The lowest BCUT2D eigenvalue weighted by Gasteiger charge is -2.27. The molecule has 10 heteroatoms. The largest absolute Gasteiger partial charge is 0.472 e. The lowest BCUT2D eigenvalue weighted by molar-refractivity contribution is -0.870. The van der Waals surface area contributed by atoms with Crippen molar-refractivity contribution in [3.63, 3.8) is 0 Å². The Hall–Kier alpha value is -3.07. The Morgan fingerprint density at radius 1 is 0.422 bits per heavy atom. The highest BCUT2D eigenvalue weighted by molar-refractivity contribution is 7.47. The van der Waals surface area contributed by atoms with Crippen molar-refractivity contribution in [1.29, 1.82) is 0 Å². The van der Waals surface area contributed by atoms with Crippen LogP contribution in [0.4, 0.5) is 0 Å². The van der Waals surface area contributed by atoms with Crippen LogP contribution in [0, 0.1) is 0 Å². The number of unbranched alkanes of at least 4 members (excludes halogenated alkanes) is 32. The smallest absolute Gasteiger partial charge is 0.456 e. The summed E-state index contributed by atoms with van der Waals surface area (Å²) in [4.78, 5) is 37.9. The van der Waals surface area contributed by atoms with Crippen molar-refractivity contribution < 1.29 is 37.3 Å². The molecule has 0 radical (unpaired) electrons. The Labute approximate surface area is 513 Å². The summed E-state index contributed by atoms with van der Waals surface area (Å²) in [5.41, 5.74) is 0. The summed E-state index contributed by atoms with van der Waals surface area (Å²) >= 11 is 0. The van der Waals surface area contributed by atoms with Crippen LogP contribution in [0.15, 0.2) is 97.2 Å². The zero-order valence-corrected chi connectivity index (χ0v) is 55.8.